The molecule has 0 heterocycles. The Kier molecular flexibility index (Phi) is 1.88. The largest absolute Gasteiger partial charge is 0.481 e. The zero-order chi connectivity index (χ0) is 10.3. The lowest BCUT2D eigenvalue weighted by Gasteiger charge is -2.07. The minimum Gasteiger partial charge on any atom is -0.481 e. The third-order valence-electron chi connectivity index (χ3n) is 2.66. The van der Waals surface area contributed by atoms with Crippen molar-refractivity contribution in [1.82, 2.24) is 0 Å². The summed E-state index contributed by atoms with van der Waals surface area (Å²) in [6.07, 6.45) is 0.107. The molecule has 1 unspecified atom stereocenters. The first kappa shape index (κ1) is 8.94. The molecular formula is C11H10O3. The Morgan fingerprint density at radius 1 is 1.50 bits per heavy atom. The SMILES string of the molecule is Cc1cccc2c1C(C(=O)O)CC2=O. The first-order chi connectivity index (χ1) is 6.61. The number of fused-ring (bicyclic) bond motifs is 1. The average molecular weight is 190 g/mol. The van der Waals surface area contributed by atoms with Crippen molar-refractivity contribution in [2.75, 3.05) is 0 Å². The highest BCUT2D eigenvalue weighted by molar-refractivity contribution is 6.06. The van der Waals surface area contributed by atoms with Crippen LogP contribution in [-0.2, 0) is 4.79 Å². The molecule has 0 amide bonds. The number of rotatable bonds is 1. The van der Waals surface area contributed by atoms with Gasteiger partial charge in [0.2, 0.25) is 0 Å². The summed E-state index contributed by atoms with van der Waals surface area (Å²) in [5.74, 6) is -1.61. The number of ketones is 1. The molecule has 2 rings (SSSR count). The Bertz CT molecular complexity index is 421. The van der Waals surface area contributed by atoms with Crippen LogP contribution in [0.1, 0.15) is 33.8 Å². The van der Waals surface area contributed by atoms with Crippen molar-refractivity contribution >= 4 is 11.8 Å². The smallest absolute Gasteiger partial charge is 0.311 e. The minimum absolute atomic E-state index is 0.0592. The minimum atomic E-state index is -0.911. The molecule has 0 saturated heterocycles. The van der Waals surface area contributed by atoms with Gasteiger partial charge in [0.25, 0.3) is 0 Å². The maximum atomic E-state index is 11.5. The fourth-order valence-corrected chi connectivity index (χ4v) is 1.99. The quantitative estimate of drug-likeness (QED) is 0.733. The summed E-state index contributed by atoms with van der Waals surface area (Å²) < 4.78 is 0. The van der Waals surface area contributed by atoms with E-state index in [1.165, 1.54) is 0 Å². The molecule has 0 aliphatic heterocycles. The molecule has 14 heavy (non-hydrogen) atoms. The van der Waals surface area contributed by atoms with Crippen LogP contribution in [0.5, 0.6) is 0 Å². The second kappa shape index (κ2) is 2.94. The summed E-state index contributed by atoms with van der Waals surface area (Å²) >= 11 is 0. The molecule has 0 radical (unpaired) electrons. The number of hydrogen-bond acceptors (Lipinski definition) is 2. The number of carbonyl (C=O) groups is 2. The number of carboxylic acid groups (broad SMARTS) is 1. The van der Waals surface area contributed by atoms with Crippen LogP contribution in [0, 0.1) is 6.92 Å². The van der Waals surface area contributed by atoms with E-state index in [-0.39, 0.29) is 12.2 Å². The standard InChI is InChI=1S/C11H10O3/c1-6-3-2-4-7-9(12)5-8(10(6)7)11(13)14/h2-4,8H,5H2,1H3,(H,13,14). The van der Waals surface area contributed by atoms with E-state index in [0.717, 1.165) is 5.56 Å². The molecule has 1 aromatic carbocycles. The summed E-state index contributed by atoms with van der Waals surface area (Å²) in [5, 5.41) is 8.95. The molecule has 1 aliphatic carbocycles. The van der Waals surface area contributed by atoms with E-state index in [1.54, 1.807) is 12.1 Å². The van der Waals surface area contributed by atoms with Gasteiger partial charge in [-0.1, -0.05) is 18.2 Å². The number of carbonyl (C=O) groups excluding carboxylic acids is 1. The van der Waals surface area contributed by atoms with Gasteiger partial charge in [0.1, 0.15) is 0 Å². The van der Waals surface area contributed by atoms with E-state index in [1.807, 2.05) is 13.0 Å². The Labute approximate surface area is 81.4 Å². The van der Waals surface area contributed by atoms with Gasteiger partial charge in [-0.3, -0.25) is 9.59 Å². The van der Waals surface area contributed by atoms with Crippen LogP contribution >= 0.6 is 0 Å². The van der Waals surface area contributed by atoms with Crippen molar-refractivity contribution in [3.8, 4) is 0 Å². The maximum Gasteiger partial charge on any atom is 0.311 e. The first-order valence-electron chi connectivity index (χ1n) is 4.47. The van der Waals surface area contributed by atoms with Gasteiger partial charge in [0, 0.05) is 12.0 Å². The van der Waals surface area contributed by atoms with Crippen molar-refractivity contribution in [3.05, 3.63) is 34.9 Å². The molecular weight excluding hydrogens is 180 g/mol. The first-order valence-corrected chi connectivity index (χ1v) is 4.47. The number of carboxylic acids is 1. The van der Waals surface area contributed by atoms with Gasteiger partial charge in [-0.05, 0) is 18.1 Å². The van der Waals surface area contributed by atoms with Crippen LogP contribution in [0.25, 0.3) is 0 Å². The third kappa shape index (κ3) is 1.13. The van der Waals surface area contributed by atoms with Crippen LogP contribution in [0.3, 0.4) is 0 Å². The molecule has 0 saturated carbocycles. The Morgan fingerprint density at radius 2 is 2.21 bits per heavy atom. The molecule has 72 valence electrons. The fraction of sp³-hybridized carbons (Fsp3) is 0.273. The van der Waals surface area contributed by atoms with Gasteiger partial charge in [-0.15, -0.1) is 0 Å². The van der Waals surface area contributed by atoms with E-state index in [2.05, 4.69) is 0 Å². The second-order valence-electron chi connectivity index (χ2n) is 3.55. The number of Topliss-reactive ketones (excluding diaryl/α,β-unsaturated/α-hetero) is 1. The van der Waals surface area contributed by atoms with E-state index in [4.69, 9.17) is 5.11 Å². The van der Waals surface area contributed by atoms with E-state index >= 15 is 0 Å². The monoisotopic (exact) mass is 190 g/mol. The Morgan fingerprint density at radius 3 is 2.86 bits per heavy atom. The molecule has 3 heteroatoms. The van der Waals surface area contributed by atoms with E-state index in [9.17, 15) is 9.59 Å². The summed E-state index contributed by atoms with van der Waals surface area (Å²) in [5.41, 5.74) is 2.17. The highest BCUT2D eigenvalue weighted by Crippen LogP contribution is 2.35. The second-order valence-corrected chi connectivity index (χ2v) is 3.55. The lowest BCUT2D eigenvalue weighted by Crippen LogP contribution is -2.09. The van der Waals surface area contributed by atoms with Gasteiger partial charge in [-0.25, -0.2) is 0 Å². The molecule has 0 fully saturated rings. The molecule has 1 aromatic rings. The Balaban J connectivity index is 2.62. The number of aryl methyl sites for hydroxylation is 1. The average Bonchev–Trinajstić information content (AvgIpc) is 2.46. The van der Waals surface area contributed by atoms with Crippen LogP contribution in [0.4, 0.5) is 0 Å². The van der Waals surface area contributed by atoms with Gasteiger partial charge in [0.05, 0.1) is 5.92 Å². The highest BCUT2D eigenvalue weighted by atomic mass is 16.4. The molecule has 1 N–H and O–H groups in total. The summed E-state index contributed by atoms with van der Waals surface area (Å²) in [4.78, 5) is 22.4. The number of aliphatic carboxylic acids is 1. The maximum absolute atomic E-state index is 11.5. The van der Waals surface area contributed by atoms with Crippen molar-refractivity contribution in [2.24, 2.45) is 0 Å². The molecule has 3 nitrogen and oxygen atoms in total. The lowest BCUT2D eigenvalue weighted by atomic mass is 9.97. The molecule has 1 atom stereocenters. The highest BCUT2D eigenvalue weighted by Gasteiger charge is 2.35. The van der Waals surface area contributed by atoms with Crippen LogP contribution < -0.4 is 0 Å². The summed E-state index contributed by atoms with van der Waals surface area (Å²) in [6.45, 7) is 1.84. The zero-order valence-electron chi connectivity index (χ0n) is 7.78. The van der Waals surface area contributed by atoms with E-state index < -0.39 is 11.9 Å². The number of benzene rings is 1. The van der Waals surface area contributed by atoms with Gasteiger partial charge in [-0.2, -0.15) is 0 Å². The van der Waals surface area contributed by atoms with Gasteiger partial charge in [0.15, 0.2) is 5.78 Å². The predicted molar refractivity (Wildman–Crippen MR) is 50.5 cm³/mol. The topological polar surface area (TPSA) is 54.4 Å². The summed E-state index contributed by atoms with van der Waals surface area (Å²) in [6, 6.07) is 5.33. The fourth-order valence-electron chi connectivity index (χ4n) is 1.99. The van der Waals surface area contributed by atoms with Crippen molar-refractivity contribution in [1.29, 1.82) is 0 Å². The van der Waals surface area contributed by atoms with Gasteiger partial charge >= 0.3 is 5.97 Å². The van der Waals surface area contributed by atoms with Crippen LogP contribution in [-0.4, -0.2) is 16.9 Å². The van der Waals surface area contributed by atoms with Crippen molar-refractivity contribution in [3.63, 3.8) is 0 Å². The van der Waals surface area contributed by atoms with Crippen LogP contribution in [0.15, 0.2) is 18.2 Å². The van der Waals surface area contributed by atoms with E-state index in [0.29, 0.717) is 11.1 Å². The number of hydrogen-bond donors (Lipinski definition) is 1. The predicted octanol–water partition coefficient (Wildman–Crippen LogP) is 1.75. The Hall–Kier alpha value is -1.64. The van der Waals surface area contributed by atoms with Gasteiger partial charge < -0.3 is 5.11 Å². The van der Waals surface area contributed by atoms with Crippen molar-refractivity contribution in [2.45, 2.75) is 19.3 Å². The molecule has 0 bridgehead atoms. The third-order valence-corrected chi connectivity index (χ3v) is 2.66. The van der Waals surface area contributed by atoms with Crippen LogP contribution in [0.2, 0.25) is 0 Å². The summed E-state index contributed by atoms with van der Waals surface area (Å²) in [7, 11) is 0. The van der Waals surface area contributed by atoms with Crippen molar-refractivity contribution < 1.29 is 14.7 Å². The molecule has 1 aliphatic rings. The lowest BCUT2D eigenvalue weighted by molar-refractivity contribution is -0.138. The molecule has 0 aromatic heterocycles. The normalized spacial score (nSPS) is 19.5. The molecule has 0 spiro atoms. The zero-order valence-corrected chi connectivity index (χ0v) is 7.78.